The lowest BCUT2D eigenvalue weighted by Crippen LogP contribution is -2.54. The summed E-state index contributed by atoms with van der Waals surface area (Å²) in [5.41, 5.74) is 6.02. The molecule has 4 atom stereocenters. The predicted molar refractivity (Wildman–Crippen MR) is 139 cm³/mol. The number of ketones is 2. The number of aromatic nitrogens is 3. The minimum absolute atomic E-state index is 0.0329. The molecule has 196 valence electrons. The number of benzene rings is 2. The quantitative estimate of drug-likeness (QED) is 0.315. The maximum atomic E-state index is 13.8. The highest BCUT2D eigenvalue weighted by Gasteiger charge is 2.58. The molecule has 0 saturated carbocycles. The van der Waals surface area contributed by atoms with Gasteiger partial charge in [0.15, 0.2) is 22.8 Å². The molecule has 1 aliphatic heterocycles. The molecule has 4 N–H and O–H groups in total. The van der Waals surface area contributed by atoms with Crippen molar-refractivity contribution in [1.82, 2.24) is 14.5 Å². The van der Waals surface area contributed by atoms with Gasteiger partial charge in [-0.05, 0) is 31.0 Å². The standard InChI is InChI=1S/C28H28N4O6/c1-15-8-4-6-10-17(15)21(33)22(34)24-28(36,23(35)18-11-7-5-9-16(18)2)14-20(38-24)32-13-12-19-25(29)30-27(37-3)31-26(19)32/h4-13,20,22,24,34,36H,14H2,1-3H3,(H2,29,30,31)/t20-,22?,24-,28-/m1/s1. The smallest absolute Gasteiger partial charge is 0.320 e. The Morgan fingerprint density at radius 3 is 2.34 bits per heavy atom. The van der Waals surface area contributed by atoms with Gasteiger partial charge in [0, 0.05) is 23.7 Å². The first-order valence-corrected chi connectivity index (χ1v) is 12.1. The first-order valence-electron chi connectivity index (χ1n) is 12.1. The Balaban J connectivity index is 1.60. The van der Waals surface area contributed by atoms with Crippen LogP contribution in [0, 0.1) is 13.8 Å². The fraction of sp³-hybridized carbons (Fsp3) is 0.286. The van der Waals surface area contributed by atoms with Crippen molar-refractivity contribution < 1.29 is 29.3 Å². The zero-order valence-corrected chi connectivity index (χ0v) is 21.2. The Labute approximate surface area is 218 Å². The van der Waals surface area contributed by atoms with Gasteiger partial charge in [-0.3, -0.25) is 9.59 Å². The lowest BCUT2D eigenvalue weighted by Gasteiger charge is -2.30. The Morgan fingerprint density at radius 1 is 1.08 bits per heavy atom. The van der Waals surface area contributed by atoms with Gasteiger partial charge in [0.2, 0.25) is 0 Å². The van der Waals surface area contributed by atoms with E-state index in [9.17, 15) is 19.8 Å². The van der Waals surface area contributed by atoms with E-state index in [-0.39, 0.29) is 29.4 Å². The van der Waals surface area contributed by atoms with Crippen LogP contribution in [0.4, 0.5) is 5.82 Å². The summed E-state index contributed by atoms with van der Waals surface area (Å²) in [6.45, 7) is 3.49. The van der Waals surface area contributed by atoms with Gasteiger partial charge in [-0.1, -0.05) is 48.5 Å². The molecule has 0 radical (unpaired) electrons. The molecule has 3 heterocycles. The summed E-state index contributed by atoms with van der Waals surface area (Å²) in [4.78, 5) is 35.7. The van der Waals surface area contributed by atoms with Crippen LogP contribution in [0.3, 0.4) is 0 Å². The second-order valence-corrected chi connectivity index (χ2v) is 9.46. The largest absolute Gasteiger partial charge is 0.467 e. The molecule has 0 aliphatic carbocycles. The fourth-order valence-electron chi connectivity index (χ4n) is 5.00. The van der Waals surface area contributed by atoms with Crippen molar-refractivity contribution in [3.05, 3.63) is 83.0 Å². The predicted octanol–water partition coefficient (Wildman–Crippen LogP) is 2.78. The zero-order valence-electron chi connectivity index (χ0n) is 21.2. The fourth-order valence-corrected chi connectivity index (χ4v) is 5.00. The van der Waals surface area contributed by atoms with Gasteiger partial charge in [0.05, 0.1) is 12.5 Å². The van der Waals surface area contributed by atoms with Gasteiger partial charge in [-0.2, -0.15) is 9.97 Å². The van der Waals surface area contributed by atoms with E-state index in [0.717, 1.165) is 0 Å². The molecule has 10 heteroatoms. The van der Waals surface area contributed by atoms with E-state index < -0.39 is 35.6 Å². The summed E-state index contributed by atoms with van der Waals surface area (Å²) < 4.78 is 12.9. The summed E-state index contributed by atoms with van der Waals surface area (Å²) >= 11 is 0. The number of carbonyl (C=O) groups is 2. The van der Waals surface area contributed by atoms with E-state index in [4.69, 9.17) is 15.2 Å². The van der Waals surface area contributed by atoms with E-state index >= 15 is 0 Å². The number of aliphatic hydroxyl groups excluding tert-OH is 1. The van der Waals surface area contributed by atoms with Crippen LogP contribution < -0.4 is 10.5 Å². The highest BCUT2D eigenvalue weighted by Crippen LogP contribution is 2.43. The number of aliphatic hydroxyl groups is 2. The number of carbonyl (C=O) groups excluding carboxylic acids is 2. The third-order valence-electron chi connectivity index (χ3n) is 7.08. The van der Waals surface area contributed by atoms with Crippen molar-refractivity contribution in [1.29, 1.82) is 0 Å². The van der Waals surface area contributed by atoms with E-state index in [2.05, 4.69) is 9.97 Å². The molecule has 4 aromatic rings. The van der Waals surface area contributed by atoms with Crippen molar-refractivity contribution in [2.45, 2.75) is 44.3 Å². The van der Waals surface area contributed by atoms with E-state index in [0.29, 0.717) is 22.2 Å². The molecule has 1 unspecified atom stereocenters. The number of hydrogen-bond acceptors (Lipinski definition) is 9. The first-order chi connectivity index (χ1) is 18.2. The number of nitrogens with two attached hydrogens (primary N) is 1. The molecule has 10 nitrogen and oxygen atoms in total. The number of nitrogens with zero attached hydrogens (tertiary/aromatic N) is 3. The van der Waals surface area contributed by atoms with Crippen molar-refractivity contribution in [3.8, 4) is 6.01 Å². The Kier molecular flexibility index (Phi) is 6.47. The Hall–Kier alpha value is -4.12. The highest BCUT2D eigenvalue weighted by atomic mass is 16.6. The lowest BCUT2D eigenvalue weighted by atomic mass is 9.81. The van der Waals surface area contributed by atoms with Crippen LogP contribution in [0.15, 0.2) is 60.8 Å². The van der Waals surface area contributed by atoms with Crippen molar-refractivity contribution >= 4 is 28.4 Å². The normalized spacial score (nSPS) is 21.9. The van der Waals surface area contributed by atoms with Gasteiger partial charge >= 0.3 is 6.01 Å². The Morgan fingerprint density at radius 2 is 1.71 bits per heavy atom. The number of Topliss-reactive ketones (excluding diaryl/α,β-unsaturated/α-hetero) is 2. The molecule has 0 bridgehead atoms. The number of aryl methyl sites for hydroxylation is 2. The third-order valence-corrected chi connectivity index (χ3v) is 7.08. The molecular formula is C28H28N4O6. The van der Waals surface area contributed by atoms with Crippen LogP contribution in [-0.4, -0.2) is 61.2 Å². The molecule has 0 spiro atoms. The second-order valence-electron chi connectivity index (χ2n) is 9.46. The molecule has 2 aromatic heterocycles. The number of anilines is 1. The molecule has 5 rings (SSSR count). The zero-order chi connectivity index (χ0) is 27.2. The summed E-state index contributed by atoms with van der Waals surface area (Å²) in [6, 6.07) is 15.3. The highest BCUT2D eigenvalue weighted by molar-refractivity contribution is 6.06. The molecule has 1 aliphatic rings. The molecule has 38 heavy (non-hydrogen) atoms. The minimum atomic E-state index is -2.23. The van der Waals surface area contributed by atoms with Crippen molar-refractivity contribution in [2.24, 2.45) is 0 Å². The van der Waals surface area contributed by atoms with E-state index in [1.165, 1.54) is 7.11 Å². The molecule has 2 aromatic carbocycles. The monoisotopic (exact) mass is 516 g/mol. The van der Waals surface area contributed by atoms with Crippen molar-refractivity contribution in [2.75, 3.05) is 12.8 Å². The van der Waals surface area contributed by atoms with E-state index in [1.807, 2.05) is 0 Å². The number of ether oxygens (including phenoxy) is 2. The average molecular weight is 517 g/mol. The first kappa shape index (κ1) is 25.5. The SMILES string of the molecule is COc1nc(N)c2ccn([C@H]3C[C@@](O)(C(=O)c4ccccc4C)[C@@H](C(O)C(=O)c4ccccc4C)O3)c2n1. The maximum absolute atomic E-state index is 13.8. The molecule has 1 saturated heterocycles. The second kappa shape index (κ2) is 9.64. The number of methoxy groups -OCH3 is 1. The topological polar surface area (TPSA) is 150 Å². The molecule has 0 amide bonds. The van der Waals surface area contributed by atoms with Crippen LogP contribution >= 0.6 is 0 Å². The maximum Gasteiger partial charge on any atom is 0.320 e. The number of fused-ring (bicyclic) bond motifs is 1. The summed E-state index contributed by atoms with van der Waals surface area (Å²) in [5.74, 6) is -1.13. The van der Waals surface area contributed by atoms with Crippen LogP contribution in [0.2, 0.25) is 0 Å². The van der Waals surface area contributed by atoms with Crippen LogP contribution in [0.1, 0.15) is 44.5 Å². The third kappa shape index (κ3) is 4.12. The summed E-state index contributed by atoms with van der Waals surface area (Å²) in [5, 5.41) is 23.8. The van der Waals surface area contributed by atoms with Gasteiger partial charge < -0.3 is 30.0 Å². The van der Waals surface area contributed by atoms with E-state index in [1.54, 1.807) is 79.2 Å². The number of hydrogen-bond donors (Lipinski definition) is 3. The lowest BCUT2D eigenvalue weighted by molar-refractivity contribution is -0.0902. The molecule has 1 fully saturated rings. The van der Waals surface area contributed by atoms with Crippen molar-refractivity contribution in [3.63, 3.8) is 0 Å². The molecular weight excluding hydrogens is 488 g/mol. The Bertz CT molecular complexity index is 1550. The van der Waals surface area contributed by atoms with Gasteiger partial charge in [0.25, 0.3) is 0 Å². The summed E-state index contributed by atoms with van der Waals surface area (Å²) in [6.07, 6.45) is -2.97. The van der Waals surface area contributed by atoms with Gasteiger partial charge in [0.1, 0.15) is 24.3 Å². The van der Waals surface area contributed by atoms with Crippen LogP contribution in [-0.2, 0) is 4.74 Å². The average Bonchev–Trinajstić information content (AvgIpc) is 3.50. The van der Waals surface area contributed by atoms with Gasteiger partial charge in [-0.15, -0.1) is 0 Å². The number of rotatable bonds is 7. The van der Waals surface area contributed by atoms with Gasteiger partial charge in [-0.25, -0.2) is 0 Å². The van der Waals surface area contributed by atoms with Crippen LogP contribution in [0.25, 0.3) is 11.0 Å². The minimum Gasteiger partial charge on any atom is -0.467 e. The number of nitrogen functional groups attached to an aromatic ring is 1. The summed E-state index contributed by atoms with van der Waals surface area (Å²) in [7, 11) is 1.41. The van der Waals surface area contributed by atoms with Crippen LogP contribution in [0.5, 0.6) is 6.01 Å².